The van der Waals surface area contributed by atoms with Crippen LogP contribution in [-0.2, 0) is 11.3 Å². The topological polar surface area (TPSA) is 100.0 Å². The summed E-state index contributed by atoms with van der Waals surface area (Å²) < 4.78 is 1.94. The number of rotatable bonds is 9. The molecule has 8 nitrogen and oxygen atoms in total. The Morgan fingerprint density at radius 2 is 1.81 bits per heavy atom. The van der Waals surface area contributed by atoms with Crippen LogP contribution in [-0.4, -0.2) is 37.6 Å². The van der Waals surface area contributed by atoms with Crippen molar-refractivity contribution in [1.82, 2.24) is 25.2 Å². The molecule has 1 amide bonds. The largest absolute Gasteiger partial charge is 0.378 e. The molecule has 0 saturated carbocycles. The number of hydrazone groups is 1. The van der Waals surface area contributed by atoms with E-state index in [4.69, 9.17) is 11.6 Å². The third-order valence-corrected chi connectivity index (χ3v) is 6.54. The lowest BCUT2D eigenvalue weighted by molar-refractivity contribution is -0.118. The summed E-state index contributed by atoms with van der Waals surface area (Å²) in [5, 5.41) is 18.5. The van der Waals surface area contributed by atoms with Crippen LogP contribution in [0.3, 0.4) is 0 Å². The Kier molecular flexibility index (Phi) is 7.30. The maximum Gasteiger partial charge on any atom is 0.250 e. The van der Waals surface area contributed by atoms with Gasteiger partial charge in [-0.05, 0) is 42.5 Å². The second-order valence-electron chi connectivity index (χ2n) is 7.80. The molecule has 0 radical (unpaired) electrons. The predicted octanol–water partition coefficient (Wildman–Crippen LogP) is 5.26. The van der Waals surface area contributed by atoms with E-state index in [1.165, 1.54) is 11.8 Å². The Morgan fingerprint density at radius 3 is 2.64 bits per heavy atom. The summed E-state index contributed by atoms with van der Waals surface area (Å²) in [6, 6.07) is 25.2. The van der Waals surface area contributed by atoms with Crippen LogP contribution in [0.1, 0.15) is 11.4 Å². The first-order chi connectivity index (χ1) is 17.7. The van der Waals surface area contributed by atoms with Gasteiger partial charge in [-0.15, -0.1) is 10.2 Å². The third-order valence-electron chi connectivity index (χ3n) is 5.36. The number of benzene rings is 3. The molecule has 0 saturated heterocycles. The Balaban J connectivity index is 1.25. The van der Waals surface area contributed by atoms with Gasteiger partial charge in [0.1, 0.15) is 0 Å². The molecule has 0 aliphatic heterocycles. The molecule has 2 heterocycles. The summed E-state index contributed by atoms with van der Waals surface area (Å²) in [5.41, 5.74) is 6.34. The number of amides is 1. The smallest absolute Gasteiger partial charge is 0.250 e. The number of hydrogen-bond acceptors (Lipinski definition) is 6. The molecule has 5 rings (SSSR count). The van der Waals surface area contributed by atoms with Gasteiger partial charge in [0.2, 0.25) is 0 Å². The van der Waals surface area contributed by atoms with Crippen LogP contribution >= 0.6 is 23.4 Å². The van der Waals surface area contributed by atoms with Gasteiger partial charge in [0.05, 0.1) is 18.5 Å². The summed E-state index contributed by atoms with van der Waals surface area (Å²) in [7, 11) is 0. The number of H-pyrrole nitrogens is 1. The fraction of sp³-hybridized carbons (Fsp3) is 0.0769. The predicted molar refractivity (Wildman–Crippen MR) is 145 cm³/mol. The zero-order chi connectivity index (χ0) is 24.7. The number of fused-ring (bicyclic) bond motifs is 1. The minimum Gasteiger partial charge on any atom is -0.378 e. The molecule has 0 unspecified atom stereocenters. The number of carbonyl (C=O) groups is 1. The van der Waals surface area contributed by atoms with Crippen molar-refractivity contribution in [3.05, 3.63) is 101 Å². The lowest BCUT2D eigenvalue weighted by Crippen LogP contribution is -2.20. The fourth-order valence-electron chi connectivity index (χ4n) is 3.63. The van der Waals surface area contributed by atoms with Crippen molar-refractivity contribution < 1.29 is 4.79 Å². The summed E-state index contributed by atoms with van der Waals surface area (Å²) in [5.74, 6) is 0.622. The number of halogens is 1. The van der Waals surface area contributed by atoms with Gasteiger partial charge in [-0.2, -0.15) is 5.10 Å². The number of anilines is 1. The standard InChI is InChI=1S/C26H22ClN7OS/c27-19-10-12-20(13-11-19)28-16-24-31-33-26(34(24)21-6-2-1-3-7-21)36-17-25(35)32-30-15-18-14-29-23-9-5-4-8-22(18)23/h1-15,28-29H,16-17H2,(H,32,35). The molecule has 180 valence electrons. The third kappa shape index (κ3) is 5.59. The van der Waals surface area contributed by atoms with Gasteiger partial charge in [-0.3, -0.25) is 9.36 Å². The SMILES string of the molecule is O=C(CSc1nnc(CNc2ccc(Cl)cc2)n1-c1ccccc1)NN=Cc1c[nH]c2ccccc12. The highest BCUT2D eigenvalue weighted by Gasteiger charge is 2.16. The van der Waals surface area contributed by atoms with Crippen molar-refractivity contribution in [2.75, 3.05) is 11.1 Å². The number of para-hydroxylation sites is 2. The molecular formula is C26H22ClN7OS. The quantitative estimate of drug-likeness (QED) is 0.141. The first kappa shape index (κ1) is 23.7. The zero-order valence-corrected chi connectivity index (χ0v) is 20.6. The van der Waals surface area contributed by atoms with Crippen LogP contribution in [0.25, 0.3) is 16.6 Å². The van der Waals surface area contributed by atoms with E-state index >= 15 is 0 Å². The summed E-state index contributed by atoms with van der Waals surface area (Å²) >= 11 is 7.28. The fourth-order valence-corrected chi connectivity index (χ4v) is 4.52. The molecule has 0 aliphatic rings. The van der Waals surface area contributed by atoms with Crippen molar-refractivity contribution in [3.63, 3.8) is 0 Å². The van der Waals surface area contributed by atoms with Crippen molar-refractivity contribution in [2.24, 2.45) is 5.10 Å². The molecule has 10 heteroatoms. The number of thioether (sulfide) groups is 1. The minimum absolute atomic E-state index is 0.140. The molecule has 0 fully saturated rings. The van der Waals surface area contributed by atoms with E-state index in [0.717, 1.165) is 33.7 Å². The molecule has 0 spiro atoms. The molecule has 0 bridgehead atoms. The molecule has 0 atom stereocenters. The second-order valence-corrected chi connectivity index (χ2v) is 9.18. The Bertz CT molecular complexity index is 1500. The Morgan fingerprint density at radius 1 is 1.03 bits per heavy atom. The van der Waals surface area contributed by atoms with Crippen LogP contribution in [0.4, 0.5) is 5.69 Å². The summed E-state index contributed by atoms with van der Waals surface area (Å²) in [6.45, 7) is 0.450. The van der Waals surface area contributed by atoms with Crippen molar-refractivity contribution in [1.29, 1.82) is 0 Å². The molecule has 3 N–H and O–H groups in total. The van der Waals surface area contributed by atoms with Gasteiger partial charge in [0.25, 0.3) is 5.91 Å². The highest BCUT2D eigenvalue weighted by atomic mass is 35.5. The molecule has 0 aliphatic carbocycles. The van der Waals surface area contributed by atoms with Crippen LogP contribution in [0.15, 0.2) is 95.3 Å². The van der Waals surface area contributed by atoms with E-state index in [0.29, 0.717) is 16.7 Å². The maximum atomic E-state index is 12.5. The van der Waals surface area contributed by atoms with Gasteiger partial charge < -0.3 is 10.3 Å². The van der Waals surface area contributed by atoms with Gasteiger partial charge in [0, 0.05) is 39.1 Å². The number of aromatic amines is 1. The molecule has 2 aromatic heterocycles. The van der Waals surface area contributed by atoms with Crippen LogP contribution in [0, 0.1) is 0 Å². The van der Waals surface area contributed by atoms with Crippen LogP contribution in [0.5, 0.6) is 0 Å². The molecule has 5 aromatic rings. The summed E-state index contributed by atoms with van der Waals surface area (Å²) in [6.07, 6.45) is 3.49. The Hall–Kier alpha value is -4.08. The van der Waals surface area contributed by atoms with Crippen LogP contribution in [0.2, 0.25) is 5.02 Å². The van der Waals surface area contributed by atoms with Crippen molar-refractivity contribution in [2.45, 2.75) is 11.7 Å². The zero-order valence-electron chi connectivity index (χ0n) is 19.1. The highest BCUT2D eigenvalue weighted by molar-refractivity contribution is 7.99. The number of nitrogens with zero attached hydrogens (tertiary/aromatic N) is 4. The normalized spacial score (nSPS) is 11.2. The highest BCUT2D eigenvalue weighted by Crippen LogP contribution is 2.23. The lowest BCUT2D eigenvalue weighted by atomic mass is 10.2. The lowest BCUT2D eigenvalue weighted by Gasteiger charge is -2.11. The van der Waals surface area contributed by atoms with Gasteiger partial charge >= 0.3 is 0 Å². The van der Waals surface area contributed by atoms with Crippen molar-refractivity contribution >= 4 is 52.1 Å². The van der Waals surface area contributed by atoms with E-state index in [9.17, 15) is 4.79 Å². The number of hydrogen-bond donors (Lipinski definition) is 3. The minimum atomic E-state index is -0.237. The number of nitrogens with one attached hydrogen (secondary N) is 3. The Labute approximate surface area is 216 Å². The van der Waals surface area contributed by atoms with Gasteiger partial charge in [0.15, 0.2) is 11.0 Å². The molecule has 3 aromatic carbocycles. The van der Waals surface area contributed by atoms with Gasteiger partial charge in [-0.25, -0.2) is 5.43 Å². The monoisotopic (exact) mass is 515 g/mol. The van der Waals surface area contributed by atoms with Gasteiger partial charge in [-0.1, -0.05) is 59.8 Å². The van der Waals surface area contributed by atoms with E-state index in [1.54, 1.807) is 6.21 Å². The number of aromatic nitrogens is 4. The van der Waals surface area contributed by atoms with E-state index in [1.807, 2.05) is 89.6 Å². The summed E-state index contributed by atoms with van der Waals surface area (Å²) in [4.78, 5) is 15.7. The van der Waals surface area contributed by atoms with E-state index in [2.05, 4.69) is 31.0 Å². The average Bonchev–Trinajstić information content (AvgIpc) is 3.52. The first-order valence-corrected chi connectivity index (χ1v) is 12.5. The van der Waals surface area contributed by atoms with E-state index < -0.39 is 0 Å². The van der Waals surface area contributed by atoms with Crippen molar-refractivity contribution in [3.8, 4) is 5.69 Å². The second kappa shape index (κ2) is 11.1. The maximum absolute atomic E-state index is 12.5. The molecular weight excluding hydrogens is 494 g/mol. The molecule has 36 heavy (non-hydrogen) atoms. The average molecular weight is 516 g/mol. The number of carbonyl (C=O) groups excluding carboxylic acids is 1. The van der Waals surface area contributed by atoms with Crippen LogP contribution < -0.4 is 10.7 Å². The van der Waals surface area contributed by atoms with E-state index in [-0.39, 0.29) is 11.7 Å². The first-order valence-electron chi connectivity index (χ1n) is 11.2.